The SMILES string of the molecule is CCCC(CCCCCN)[C](NC(=O)CC)C(=O)NO. The van der Waals surface area contributed by atoms with Crippen LogP contribution in [0.4, 0.5) is 0 Å². The van der Waals surface area contributed by atoms with Gasteiger partial charge in [0.2, 0.25) is 5.91 Å². The van der Waals surface area contributed by atoms with E-state index in [1.165, 1.54) is 0 Å². The Hall–Kier alpha value is -1.14. The molecular weight excluding hydrogens is 258 g/mol. The highest BCUT2D eigenvalue weighted by Crippen LogP contribution is 2.24. The highest BCUT2D eigenvalue weighted by atomic mass is 16.5. The predicted molar refractivity (Wildman–Crippen MR) is 77.5 cm³/mol. The second-order valence-electron chi connectivity index (χ2n) is 4.88. The Morgan fingerprint density at radius 1 is 1.15 bits per heavy atom. The molecule has 5 N–H and O–H groups in total. The second-order valence-corrected chi connectivity index (χ2v) is 4.88. The van der Waals surface area contributed by atoms with Crippen LogP contribution in [0.15, 0.2) is 0 Å². The first-order valence-electron chi connectivity index (χ1n) is 7.41. The molecule has 0 aliphatic carbocycles. The van der Waals surface area contributed by atoms with Crippen molar-refractivity contribution in [3.8, 4) is 0 Å². The lowest BCUT2D eigenvalue weighted by Gasteiger charge is -2.25. The number of nitrogens with one attached hydrogen (secondary N) is 2. The fraction of sp³-hybridized carbons (Fsp3) is 0.786. The lowest BCUT2D eigenvalue weighted by molar-refractivity contribution is -0.131. The van der Waals surface area contributed by atoms with Crippen molar-refractivity contribution in [2.45, 2.75) is 58.8 Å². The molecule has 0 aliphatic rings. The molecule has 20 heavy (non-hydrogen) atoms. The average molecular weight is 286 g/mol. The minimum Gasteiger partial charge on any atom is -0.339 e. The fourth-order valence-corrected chi connectivity index (χ4v) is 2.14. The molecule has 117 valence electrons. The molecule has 1 radical (unpaired) electrons. The van der Waals surface area contributed by atoms with Crippen molar-refractivity contribution in [3.63, 3.8) is 0 Å². The Bertz CT molecular complexity index is 285. The quantitative estimate of drug-likeness (QED) is 0.262. The van der Waals surface area contributed by atoms with Crippen LogP contribution in [0, 0.1) is 12.0 Å². The van der Waals surface area contributed by atoms with E-state index in [4.69, 9.17) is 10.9 Å². The third-order valence-corrected chi connectivity index (χ3v) is 3.24. The van der Waals surface area contributed by atoms with E-state index in [0.717, 1.165) is 38.5 Å². The maximum atomic E-state index is 11.7. The number of unbranched alkanes of at least 4 members (excludes halogenated alkanes) is 2. The predicted octanol–water partition coefficient (Wildman–Crippen LogP) is 1.49. The maximum Gasteiger partial charge on any atom is 0.272 e. The highest BCUT2D eigenvalue weighted by molar-refractivity contribution is 5.93. The molecule has 0 aromatic rings. The first-order chi connectivity index (χ1) is 9.60. The van der Waals surface area contributed by atoms with E-state index < -0.39 is 5.91 Å². The molecule has 0 rings (SSSR count). The van der Waals surface area contributed by atoms with Crippen LogP contribution in [0.5, 0.6) is 0 Å². The van der Waals surface area contributed by atoms with Gasteiger partial charge in [-0.15, -0.1) is 0 Å². The monoisotopic (exact) mass is 286 g/mol. The molecule has 0 saturated carbocycles. The van der Waals surface area contributed by atoms with Crippen LogP contribution in [0.3, 0.4) is 0 Å². The summed E-state index contributed by atoms with van der Waals surface area (Å²) in [5.74, 6) is -0.879. The molecule has 0 bridgehead atoms. The van der Waals surface area contributed by atoms with Gasteiger partial charge < -0.3 is 11.1 Å². The standard InChI is InChI=1S/C14H28N3O3/c1-3-8-11(9-6-5-7-10-15)13(14(19)17-20)16-12(18)4-2/h11,20H,3-10,15H2,1-2H3,(H,16,18)(H,17,19). The van der Waals surface area contributed by atoms with Gasteiger partial charge in [-0.3, -0.25) is 14.8 Å². The first kappa shape index (κ1) is 18.9. The van der Waals surface area contributed by atoms with Crippen molar-refractivity contribution < 1.29 is 14.8 Å². The van der Waals surface area contributed by atoms with Gasteiger partial charge in [-0.1, -0.05) is 33.1 Å². The summed E-state index contributed by atoms with van der Waals surface area (Å²) in [6.07, 6.45) is 5.73. The Balaban J connectivity index is 4.63. The van der Waals surface area contributed by atoms with Crippen molar-refractivity contribution in [1.29, 1.82) is 0 Å². The van der Waals surface area contributed by atoms with Crippen molar-refractivity contribution in [3.05, 3.63) is 6.04 Å². The van der Waals surface area contributed by atoms with Gasteiger partial charge in [-0.05, 0) is 31.7 Å². The molecule has 1 atom stereocenters. The fourth-order valence-electron chi connectivity index (χ4n) is 2.14. The molecule has 0 spiro atoms. The minimum atomic E-state index is -0.621. The highest BCUT2D eigenvalue weighted by Gasteiger charge is 2.29. The Labute approximate surface area is 121 Å². The molecule has 0 aliphatic heterocycles. The zero-order valence-electron chi connectivity index (χ0n) is 12.6. The lowest BCUT2D eigenvalue weighted by atomic mass is 9.88. The number of carbonyl (C=O) groups is 2. The Morgan fingerprint density at radius 3 is 2.35 bits per heavy atom. The van der Waals surface area contributed by atoms with E-state index in [1.807, 2.05) is 6.92 Å². The second kappa shape index (κ2) is 11.7. The molecule has 0 aromatic heterocycles. The van der Waals surface area contributed by atoms with Gasteiger partial charge in [-0.2, -0.15) is 0 Å². The van der Waals surface area contributed by atoms with E-state index >= 15 is 0 Å². The van der Waals surface area contributed by atoms with Gasteiger partial charge >= 0.3 is 0 Å². The Morgan fingerprint density at radius 2 is 1.85 bits per heavy atom. The van der Waals surface area contributed by atoms with Gasteiger partial charge in [0.1, 0.15) is 0 Å². The zero-order valence-corrected chi connectivity index (χ0v) is 12.6. The maximum absolute atomic E-state index is 11.7. The molecule has 0 saturated heterocycles. The molecule has 0 heterocycles. The third-order valence-electron chi connectivity index (χ3n) is 3.24. The summed E-state index contributed by atoms with van der Waals surface area (Å²) in [6, 6.07) is 0.272. The van der Waals surface area contributed by atoms with E-state index in [2.05, 4.69) is 5.32 Å². The Kier molecular flexibility index (Phi) is 11.0. The van der Waals surface area contributed by atoms with Gasteiger partial charge in [-0.25, -0.2) is 5.48 Å². The molecular formula is C14H28N3O3. The van der Waals surface area contributed by atoms with Crippen LogP contribution in [0.2, 0.25) is 0 Å². The lowest BCUT2D eigenvalue weighted by Crippen LogP contribution is -2.43. The van der Waals surface area contributed by atoms with Gasteiger partial charge in [0, 0.05) is 6.42 Å². The van der Waals surface area contributed by atoms with E-state index in [0.29, 0.717) is 13.0 Å². The number of amides is 2. The minimum absolute atomic E-state index is 0.0413. The molecule has 0 aromatic carbocycles. The molecule has 6 nitrogen and oxygen atoms in total. The molecule has 6 heteroatoms. The van der Waals surface area contributed by atoms with Crippen molar-refractivity contribution >= 4 is 11.8 Å². The van der Waals surface area contributed by atoms with Crippen molar-refractivity contribution in [2.24, 2.45) is 11.7 Å². The van der Waals surface area contributed by atoms with Crippen LogP contribution >= 0.6 is 0 Å². The smallest absolute Gasteiger partial charge is 0.272 e. The van der Waals surface area contributed by atoms with Gasteiger partial charge in [0.15, 0.2) is 6.04 Å². The summed E-state index contributed by atoms with van der Waals surface area (Å²) < 4.78 is 0. The summed E-state index contributed by atoms with van der Waals surface area (Å²) in [5.41, 5.74) is 7.08. The molecule has 2 amide bonds. The van der Waals surface area contributed by atoms with Crippen LogP contribution in [0.1, 0.15) is 58.8 Å². The summed E-state index contributed by atoms with van der Waals surface area (Å²) in [7, 11) is 0. The van der Waals surface area contributed by atoms with E-state index in [9.17, 15) is 9.59 Å². The topological polar surface area (TPSA) is 104 Å². The average Bonchev–Trinajstić information content (AvgIpc) is 2.47. The molecule has 0 fully saturated rings. The largest absolute Gasteiger partial charge is 0.339 e. The number of hydrogen-bond donors (Lipinski definition) is 4. The number of hydroxylamine groups is 1. The summed E-state index contributed by atoms with van der Waals surface area (Å²) in [4.78, 5) is 23.3. The van der Waals surface area contributed by atoms with Crippen molar-refractivity contribution in [2.75, 3.05) is 6.54 Å². The van der Waals surface area contributed by atoms with Gasteiger partial charge in [0.25, 0.3) is 5.91 Å². The number of carbonyl (C=O) groups excluding carboxylic acids is 2. The van der Waals surface area contributed by atoms with Crippen LogP contribution in [0.25, 0.3) is 0 Å². The number of hydrogen-bond acceptors (Lipinski definition) is 4. The normalized spacial score (nSPS) is 12.2. The molecule has 1 unspecified atom stereocenters. The number of nitrogens with two attached hydrogens (primary N) is 1. The van der Waals surface area contributed by atoms with Gasteiger partial charge in [0.05, 0.1) is 0 Å². The van der Waals surface area contributed by atoms with Crippen LogP contribution in [-0.2, 0) is 9.59 Å². The third kappa shape index (κ3) is 7.45. The number of rotatable bonds is 11. The summed E-state index contributed by atoms with van der Waals surface area (Å²) in [5, 5.41) is 11.5. The van der Waals surface area contributed by atoms with Crippen molar-refractivity contribution in [1.82, 2.24) is 10.8 Å². The summed E-state index contributed by atoms with van der Waals surface area (Å²) >= 11 is 0. The first-order valence-corrected chi connectivity index (χ1v) is 7.41. The van der Waals surface area contributed by atoms with Crippen LogP contribution in [-0.4, -0.2) is 23.6 Å². The van der Waals surface area contributed by atoms with E-state index in [1.54, 1.807) is 12.4 Å². The van der Waals surface area contributed by atoms with Crippen LogP contribution < -0.4 is 16.5 Å². The summed E-state index contributed by atoms with van der Waals surface area (Å²) in [6.45, 7) is 4.42. The van der Waals surface area contributed by atoms with E-state index in [-0.39, 0.29) is 17.9 Å². The zero-order chi connectivity index (χ0) is 15.4.